The van der Waals surface area contributed by atoms with Gasteiger partial charge < -0.3 is 4.42 Å². The van der Waals surface area contributed by atoms with Gasteiger partial charge in [0.15, 0.2) is 5.78 Å². The first kappa shape index (κ1) is 13.6. The molecule has 2 rings (SSSR count). The molecular formula is C17H20O2. The fourth-order valence-electron chi connectivity index (χ4n) is 2.17. The van der Waals surface area contributed by atoms with Crippen molar-refractivity contribution in [1.29, 1.82) is 0 Å². The minimum Gasteiger partial charge on any atom is -0.472 e. The summed E-state index contributed by atoms with van der Waals surface area (Å²) in [7, 11) is 0. The molecule has 0 spiro atoms. The Kier molecular flexibility index (Phi) is 3.89. The highest BCUT2D eigenvalue weighted by atomic mass is 16.3. The van der Waals surface area contributed by atoms with Gasteiger partial charge in [0.05, 0.1) is 11.8 Å². The summed E-state index contributed by atoms with van der Waals surface area (Å²) in [6.45, 7) is 8.56. The van der Waals surface area contributed by atoms with Crippen molar-refractivity contribution in [1.82, 2.24) is 0 Å². The molecule has 0 saturated heterocycles. The second kappa shape index (κ2) is 5.43. The van der Waals surface area contributed by atoms with E-state index in [1.807, 2.05) is 12.1 Å². The molecule has 0 radical (unpaired) electrons. The zero-order valence-electron chi connectivity index (χ0n) is 11.9. The largest absolute Gasteiger partial charge is 0.472 e. The van der Waals surface area contributed by atoms with Crippen molar-refractivity contribution in [3.05, 3.63) is 59.0 Å². The zero-order chi connectivity index (χ0) is 14.0. The second-order valence-corrected chi connectivity index (χ2v) is 5.50. The Hall–Kier alpha value is -1.83. The molecule has 1 aromatic heterocycles. The molecule has 1 heterocycles. The smallest absolute Gasteiger partial charge is 0.196 e. The van der Waals surface area contributed by atoms with E-state index in [1.54, 1.807) is 6.07 Å². The Morgan fingerprint density at radius 1 is 1.05 bits per heavy atom. The Balaban J connectivity index is 2.48. The van der Waals surface area contributed by atoms with E-state index in [9.17, 15) is 4.79 Å². The van der Waals surface area contributed by atoms with E-state index in [0.29, 0.717) is 17.4 Å². The van der Waals surface area contributed by atoms with Gasteiger partial charge in [0.1, 0.15) is 6.26 Å². The average Bonchev–Trinajstić information content (AvgIpc) is 2.90. The number of benzene rings is 1. The molecule has 19 heavy (non-hydrogen) atoms. The molecule has 0 unspecified atom stereocenters. The van der Waals surface area contributed by atoms with Crippen molar-refractivity contribution in [2.75, 3.05) is 0 Å². The van der Waals surface area contributed by atoms with Crippen molar-refractivity contribution >= 4 is 5.78 Å². The molecular weight excluding hydrogens is 236 g/mol. The summed E-state index contributed by atoms with van der Waals surface area (Å²) in [4.78, 5) is 12.5. The minimum absolute atomic E-state index is 0.0350. The fraction of sp³-hybridized carbons (Fsp3) is 0.353. The van der Waals surface area contributed by atoms with Crippen LogP contribution in [0.4, 0.5) is 0 Å². The molecule has 0 amide bonds. The minimum atomic E-state index is 0.0350. The van der Waals surface area contributed by atoms with Crippen molar-refractivity contribution in [3.63, 3.8) is 0 Å². The first-order chi connectivity index (χ1) is 9.00. The summed E-state index contributed by atoms with van der Waals surface area (Å²) in [5.41, 5.74) is 3.77. The van der Waals surface area contributed by atoms with Gasteiger partial charge in [-0.2, -0.15) is 0 Å². The number of hydrogen-bond acceptors (Lipinski definition) is 2. The Labute approximate surface area is 114 Å². The van der Waals surface area contributed by atoms with Crippen LogP contribution in [0.1, 0.15) is 66.6 Å². The van der Waals surface area contributed by atoms with Crippen LogP contribution in [-0.2, 0) is 0 Å². The van der Waals surface area contributed by atoms with Crippen molar-refractivity contribution in [2.24, 2.45) is 0 Å². The predicted molar refractivity (Wildman–Crippen MR) is 76.8 cm³/mol. The number of carbonyl (C=O) groups excluding carboxylic acids is 1. The Morgan fingerprint density at radius 2 is 1.79 bits per heavy atom. The van der Waals surface area contributed by atoms with Crippen LogP contribution in [0.5, 0.6) is 0 Å². The topological polar surface area (TPSA) is 30.2 Å². The molecule has 0 aliphatic heterocycles. The molecule has 0 bridgehead atoms. The van der Waals surface area contributed by atoms with Crippen LogP contribution in [0, 0.1) is 0 Å². The van der Waals surface area contributed by atoms with Crippen LogP contribution in [0.2, 0.25) is 0 Å². The number of furan rings is 1. The van der Waals surface area contributed by atoms with E-state index in [2.05, 4.69) is 33.8 Å². The molecule has 0 saturated carbocycles. The molecule has 2 aromatic rings. The summed E-state index contributed by atoms with van der Waals surface area (Å²) < 4.78 is 5.00. The molecule has 0 atom stereocenters. The summed E-state index contributed by atoms with van der Waals surface area (Å²) in [6, 6.07) is 7.86. The van der Waals surface area contributed by atoms with Crippen molar-refractivity contribution in [3.8, 4) is 0 Å². The molecule has 0 aliphatic rings. The van der Waals surface area contributed by atoms with Gasteiger partial charge in [-0.15, -0.1) is 0 Å². The first-order valence-corrected chi connectivity index (χ1v) is 6.71. The van der Waals surface area contributed by atoms with E-state index in [-0.39, 0.29) is 5.78 Å². The highest BCUT2D eigenvalue weighted by molar-refractivity contribution is 6.09. The van der Waals surface area contributed by atoms with Crippen LogP contribution < -0.4 is 0 Å². The number of carbonyl (C=O) groups is 1. The van der Waals surface area contributed by atoms with Gasteiger partial charge in [-0.05, 0) is 29.0 Å². The molecule has 0 aliphatic carbocycles. The summed E-state index contributed by atoms with van der Waals surface area (Å²) in [6.07, 6.45) is 3.04. The maximum absolute atomic E-state index is 12.5. The lowest BCUT2D eigenvalue weighted by Gasteiger charge is -2.15. The number of rotatable bonds is 4. The van der Waals surface area contributed by atoms with Crippen LogP contribution in [0.3, 0.4) is 0 Å². The van der Waals surface area contributed by atoms with Crippen molar-refractivity contribution in [2.45, 2.75) is 39.5 Å². The van der Waals surface area contributed by atoms with Crippen LogP contribution in [-0.4, -0.2) is 5.78 Å². The molecule has 2 nitrogen and oxygen atoms in total. The molecule has 100 valence electrons. The van der Waals surface area contributed by atoms with Gasteiger partial charge in [0.25, 0.3) is 0 Å². The Morgan fingerprint density at radius 3 is 2.32 bits per heavy atom. The van der Waals surface area contributed by atoms with Crippen molar-refractivity contribution < 1.29 is 9.21 Å². The molecule has 0 N–H and O–H groups in total. The highest BCUT2D eigenvalue weighted by Crippen LogP contribution is 2.26. The van der Waals surface area contributed by atoms with E-state index >= 15 is 0 Å². The zero-order valence-corrected chi connectivity index (χ0v) is 11.9. The third kappa shape index (κ3) is 2.78. The molecule has 0 fully saturated rings. The van der Waals surface area contributed by atoms with E-state index < -0.39 is 0 Å². The lowest BCUT2D eigenvalue weighted by Crippen LogP contribution is -2.07. The van der Waals surface area contributed by atoms with Gasteiger partial charge >= 0.3 is 0 Å². The lowest BCUT2D eigenvalue weighted by molar-refractivity contribution is 0.103. The monoisotopic (exact) mass is 256 g/mol. The number of hydrogen-bond donors (Lipinski definition) is 0. The fourth-order valence-corrected chi connectivity index (χ4v) is 2.17. The second-order valence-electron chi connectivity index (χ2n) is 5.50. The maximum Gasteiger partial charge on any atom is 0.196 e. The lowest BCUT2D eigenvalue weighted by atomic mass is 9.89. The third-order valence-corrected chi connectivity index (χ3v) is 3.39. The van der Waals surface area contributed by atoms with Crippen LogP contribution in [0.15, 0.2) is 41.2 Å². The van der Waals surface area contributed by atoms with E-state index in [4.69, 9.17) is 4.42 Å². The molecule has 2 heteroatoms. The molecule has 1 aromatic carbocycles. The summed E-state index contributed by atoms with van der Waals surface area (Å²) >= 11 is 0. The number of ketones is 1. The van der Waals surface area contributed by atoms with E-state index in [0.717, 1.165) is 11.1 Å². The van der Waals surface area contributed by atoms with Gasteiger partial charge in [-0.1, -0.05) is 45.9 Å². The standard InChI is InChI=1S/C17H20O2/c1-11(2)13-5-6-15(16(9-13)12(3)4)17(18)14-7-8-19-10-14/h5-12H,1-4H3. The first-order valence-electron chi connectivity index (χ1n) is 6.71. The van der Waals surface area contributed by atoms with Crippen LogP contribution in [0.25, 0.3) is 0 Å². The summed E-state index contributed by atoms with van der Waals surface area (Å²) in [5.74, 6) is 0.827. The maximum atomic E-state index is 12.5. The predicted octanol–water partition coefficient (Wildman–Crippen LogP) is 4.76. The van der Waals surface area contributed by atoms with Gasteiger partial charge in [-0.25, -0.2) is 0 Å². The highest BCUT2D eigenvalue weighted by Gasteiger charge is 2.17. The third-order valence-electron chi connectivity index (χ3n) is 3.39. The average molecular weight is 256 g/mol. The van der Waals surface area contributed by atoms with Gasteiger partial charge in [0, 0.05) is 5.56 Å². The Bertz CT molecular complexity index is 563. The SMILES string of the molecule is CC(C)c1ccc(C(=O)c2ccoc2)c(C(C)C)c1. The quantitative estimate of drug-likeness (QED) is 0.738. The van der Waals surface area contributed by atoms with E-state index in [1.165, 1.54) is 18.1 Å². The summed E-state index contributed by atoms with van der Waals surface area (Å²) in [5, 5.41) is 0. The normalized spacial score (nSPS) is 11.3. The van der Waals surface area contributed by atoms with Gasteiger partial charge in [-0.3, -0.25) is 4.79 Å². The van der Waals surface area contributed by atoms with Gasteiger partial charge in [0.2, 0.25) is 0 Å². The van der Waals surface area contributed by atoms with Crippen LogP contribution >= 0.6 is 0 Å².